The molecule has 0 amide bonds. The molecule has 0 unspecified atom stereocenters. The first kappa shape index (κ1) is 14.0. The van der Waals surface area contributed by atoms with Gasteiger partial charge in [0.2, 0.25) is 0 Å². The SMILES string of the molecule is [C-]#[N+]c1ccc(C(/C=C\C#N)=C(\O)c2cnccn2)cc1. The topological polar surface area (TPSA) is 74.2 Å². The highest BCUT2D eigenvalue weighted by Gasteiger charge is 2.09. The molecule has 21 heavy (non-hydrogen) atoms. The Hall–Kier alpha value is -3.44. The first-order valence-corrected chi connectivity index (χ1v) is 6.00. The maximum Gasteiger partial charge on any atom is 0.187 e. The van der Waals surface area contributed by atoms with Crippen LogP contribution in [0.3, 0.4) is 0 Å². The Bertz CT molecular complexity index is 763. The van der Waals surface area contributed by atoms with E-state index in [0.29, 0.717) is 22.5 Å². The minimum Gasteiger partial charge on any atom is -0.505 e. The largest absolute Gasteiger partial charge is 0.505 e. The summed E-state index contributed by atoms with van der Waals surface area (Å²) in [6.07, 6.45) is 7.18. The van der Waals surface area contributed by atoms with E-state index in [4.69, 9.17) is 11.8 Å². The van der Waals surface area contributed by atoms with Crippen molar-refractivity contribution in [2.75, 3.05) is 0 Å². The second kappa shape index (κ2) is 6.65. The second-order valence-electron chi connectivity index (χ2n) is 3.97. The van der Waals surface area contributed by atoms with Gasteiger partial charge in [0, 0.05) is 24.0 Å². The van der Waals surface area contributed by atoms with Crippen LogP contribution in [-0.4, -0.2) is 15.1 Å². The number of benzene rings is 1. The zero-order chi connectivity index (χ0) is 15.1. The molecular weight excluding hydrogens is 264 g/mol. The summed E-state index contributed by atoms with van der Waals surface area (Å²) in [5.41, 5.74) is 1.93. The highest BCUT2D eigenvalue weighted by atomic mass is 16.3. The molecule has 0 aliphatic rings. The third-order valence-corrected chi connectivity index (χ3v) is 2.69. The van der Waals surface area contributed by atoms with Gasteiger partial charge in [-0.25, -0.2) is 9.83 Å². The number of hydrogen-bond donors (Lipinski definition) is 1. The fourth-order valence-electron chi connectivity index (χ4n) is 1.71. The van der Waals surface area contributed by atoms with Crippen LogP contribution in [0.1, 0.15) is 11.3 Å². The van der Waals surface area contributed by atoms with E-state index in [2.05, 4.69) is 14.8 Å². The maximum atomic E-state index is 10.3. The zero-order valence-corrected chi connectivity index (χ0v) is 10.9. The van der Waals surface area contributed by atoms with Crippen LogP contribution in [0.5, 0.6) is 0 Å². The first-order chi connectivity index (χ1) is 10.3. The summed E-state index contributed by atoms with van der Waals surface area (Å²) < 4.78 is 0. The number of hydrogen-bond acceptors (Lipinski definition) is 4. The average molecular weight is 274 g/mol. The Morgan fingerprint density at radius 3 is 2.62 bits per heavy atom. The Labute approximate surface area is 122 Å². The lowest BCUT2D eigenvalue weighted by Gasteiger charge is -2.07. The highest BCUT2D eigenvalue weighted by molar-refractivity contribution is 5.91. The average Bonchev–Trinajstić information content (AvgIpc) is 2.56. The molecule has 0 aliphatic carbocycles. The van der Waals surface area contributed by atoms with Crippen molar-refractivity contribution < 1.29 is 5.11 Å². The quantitative estimate of drug-likeness (QED) is 0.402. The molecule has 0 saturated carbocycles. The van der Waals surface area contributed by atoms with Crippen LogP contribution in [0.4, 0.5) is 5.69 Å². The van der Waals surface area contributed by atoms with Crippen molar-refractivity contribution in [3.8, 4) is 6.07 Å². The predicted molar refractivity (Wildman–Crippen MR) is 78.9 cm³/mol. The van der Waals surface area contributed by atoms with Crippen molar-refractivity contribution in [2.24, 2.45) is 0 Å². The van der Waals surface area contributed by atoms with Gasteiger partial charge in [0.05, 0.1) is 18.8 Å². The van der Waals surface area contributed by atoms with E-state index in [1.54, 1.807) is 24.3 Å². The third-order valence-electron chi connectivity index (χ3n) is 2.69. The van der Waals surface area contributed by atoms with Crippen molar-refractivity contribution in [3.05, 3.63) is 77.7 Å². The molecule has 0 saturated heterocycles. The highest BCUT2D eigenvalue weighted by Crippen LogP contribution is 2.26. The Morgan fingerprint density at radius 1 is 1.29 bits per heavy atom. The van der Waals surface area contributed by atoms with E-state index in [1.165, 1.54) is 30.7 Å². The second-order valence-corrected chi connectivity index (χ2v) is 3.97. The molecule has 0 atom stereocenters. The predicted octanol–water partition coefficient (Wildman–Crippen LogP) is 3.53. The Morgan fingerprint density at radius 2 is 2.05 bits per heavy atom. The fraction of sp³-hybridized carbons (Fsp3) is 0. The van der Waals surface area contributed by atoms with Gasteiger partial charge >= 0.3 is 0 Å². The minimum absolute atomic E-state index is 0.0786. The van der Waals surface area contributed by atoms with Crippen molar-refractivity contribution in [3.63, 3.8) is 0 Å². The number of rotatable bonds is 3. The summed E-state index contributed by atoms with van der Waals surface area (Å²) in [5, 5.41) is 19.0. The molecule has 100 valence electrons. The van der Waals surface area contributed by atoms with Gasteiger partial charge in [-0.3, -0.25) is 4.98 Å². The maximum absolute atomic E-state index is 10.3. The fourth-order valence-corrected chi connectivity index (χ4v) is 1.71. The van der Waals surface area contributed by atoms with E-state index >= 15 is 0 Å². The number of nitrogens with zero attached hydrogens (tertiary/aromatic N) is 4. The lowest BCUT2D eigenvalue weighted by molar-refractivity contribution is 0.510. The van der Waals surface area contributed by atoms with Crippen LogP contribution < -0.4 is 0 Å². The molecule has 5 nitrogen and oxygen atoms in total. The van der Waals surface area contributed by atoms with Crippen molar-refractivity contribution in [1.29, 1.82) is 5.26 Å². The van der Waals surface area contributed by atoms with Crippen molar-refractivity contribution in [1.82, 2.24) is 9.97 Å². The van der Waals surface area contributed by atoms with E-state index in [1.807, 2.05) is 6.07 Å². The van der Waals surface area contributed by atoms with E-state index < -0.39 is 0 Å². The van der Waals surface area contributed by atoms with Crippen molar-refractivity contribution in [2.45, 2.75) is 0 Å². The van der Waals surface area contributed by atoms with Gasteiger partial charge < -0.3 is 5.11 Å². The first-order valence-electron chi connectivity index (χ1n) is 6.00. The van der Waals surface area contributed by atoms with Gasteiger partial charge in [0.1, 0.15) is 5.69 Å². The summed E-state index contributed by atoms with van der Waals surface area (Å²) in [7, 11) is 0. The van der Waals surface area contributed by atoms with Crippen LogP contribution in [-0.2, 0) is 0 Å². The Kier molecular flexibility index (Phi) is 4.42. The molecule has 1 aromatic heterocycles. The summed E-state index contributed by atoms with van der Waals surface area (Å²) >= 11 is 0. The van der Waals surface area contributed by atoms with Crippen molar-refractivity contribution >= 4 is 17.0 Å². The molecule has 5 heteroatoms. The molecule has 1 aromatic carbocycles. The number of aromatic nitrogens is 2. The third kappa shape index (κ3) is 3.31. The van der Waals surface area contributed by atoms with Crippen LogP contribution >= 0.6 is 0 Å². The van der Waals surface area contributed by atoms with Crippen LogP contribution in [0.25, 0.3) is 16.2 Å². The molecule has 0 aliphatic heterocycles. The summed E-state index contributed by atoms with van der Waals surface area (Å²) in [5.74, 6) is -0.0786. The van der Waals surface area contributed by atoms with Gasteiger partial charge in [-0.1, -0.05) is 24.3 Å². The lowest BCUT2D eigenvalue weighted by atomic mass is 10.0. The molecule has 0 fully saturated rings. The molecular formula is C16H10N4O. The standard InChI is InChI=1S/C16H10N4O/c1-18-13-6-4-12(5-7-13)14(3-2-8-17)16(21)15-11-19-9-10-20-15/h2-7,9-11,21H/b3-2-,16-14-. The van der Waals surface area contributed by atoms with Crippen LogP contribution in [0, 0.1) is 17.9 Å². The van der Waals surface area contributed by atoms with E-state index in [9.17, 15) is 5.11 Å². The number of nitriles is 1. The van der Waals surface area contributed by atoms with Gasteiger partial charge in [-0.15, -0.1) is 0 Å². The van der Waals surface area contributed by atoms with E-state index in [0.717, 1.165) is 0 Å². The summed E-state index contributed by atoms with van der Waals surface area (Å²) in [4.78, 5) is 11.3. The van der Waals surface area contributed by atoms with Gasteiger partial charge in [0.15, 0.2) is 11.4 Å². The van der Waals surface area contributed by atoms with E-state index in [-0.39, 0.29) is 5.76 Å². The number of aliphatic hydroxyl groups excluding tert-OH is 1. The molecule has 1 heterocycles. The normalized spacial score (nSPS) is 11.5. The lowest BCUT2D eigenvalue weighted by Crippen LogP contribution is -1.93. The number of aliphatic hydroxyl groups is 1. The number of allylic oxidation sites excluding steroid dienone is 3. The molecule has 2 aromatic rings. The monoisotopic (exact) mass is 274 g/mol. The van der Waals surface area contributed by atoms with Gasteiger partial charge in [-0.2, -0.15) is 5.26 Å². The summed E-state index contributed by atoms with van der Waals surface area (Å²) in [6, 6.07) is 8.59. The summed E-state index contributed by atoms with van der Waals surface area (Å²) in [6.45, 7) is 6.94. The smallest absolute Gasteiger partial charge is 0.187 e. The van der Waals surface area contributed by atoms with Gasteiger partial charge in [-0.05, 0) is 11.6 Å². The molecule has 0 spiro atoms. The molecule has 1 N–H and O–H groups in total. The molecule has 0 bridgehead atoms. The molecule has 0 radical (unpaired) electrons. The zero-order valence-electron chi connectivity index (χ0n) is 10.9. The van der Waals surface area contributed by atoms with Crippen LogP contribution in [0.15, 0.2) is 55.0 Å². The minimum atomic E-state index is -0.0786. The Balaban J connectivity index is 2.55. The van der Waals surface area contributed by atoms with Crippen LogP contribution in [0.2, 0.25) is 0 Å². The van der Waals surface area contributed by atoms with Gasteiger partial charge in [0.25, 0.3) is 0 Å². The molecule has 2 rings (SSSR count).